The van der Waals surface area contributed by atoms with Crippen molar-refractivity contribution >= 4 is 16.7 Å². The molecular weight excluding hydrogens is 320 g/mol. The lowest BCUT2D eigenvalue weighted by molar-refractivity contribution is 0.0722. The van der Waals surface area contributed by atoms with Crippen LogP contribution in [0.5, 0.6) is 11.5 Å². The molecule has 0 saturated carbocycles. The van der Waals surface area contributed by atoms with E-state index >= 15 is 0 Å². The molecule has 2 aromatic carbocycles. The van der Waals surface area contributed by atoms with Crippen molar-refractivity contribution < 1.29 is 14.3 Å². The minimum Gasteiger partial charge on any atom is -0.493 e. The number of carbonyl (C=O) groups excluding carboxylic acids is 1. The lowest BCUT2D eigenvalue weighted by atomic mass is 10.1. The summed E-state index contributed by atoms with van der Waals surface area (Å²) in [7, 11) is 1.50. The molecule has 6 nitrogen and oxygen atoms in total. The van der Waals surface area contributed by atoms with Gasteiger partial charge in [0.1, 0.15) is 0 Å². The first-order valence-electron chi connectivity index (χ1n) is 7.89. The van der Waals surface area contributed by atoms with Crippen molar-refractivity contribution in [2.45, 2.75) is 19.9 Å². The Morgan fingerprint density at radius 3 is 2.24 bits per heavy atom. The van der Waals surface area contributed by atoms with Crippen molar-refractivity contribution in [3.63, 3.8) is 0 Å². The number of hydrogen-bond donors (Lipinski definition) is 0. The van der Waals surface area contributed by atoms with Crippen LogP contribution in [0.4, 0.5) is 0 Å². The average molecular weight is 338 g/mol. The largest absolute Gasteiger partial charge is 0.493 e. The van der Waals surface area contributed by atoms with Crippen LogP contribution in [0.15, 0.2) is 53.3 Å². The van der Waals surface area contributed by atoms with E-state index in [4.69, 9.17) is 9.47 Å². The first-order chi connectivity index (χ1) is 12.0. The van der Waals surface area contributed by atoms with Crippen LogP contribution in [0.25, 0.3) is 10.8 Å². The number of ether oxygens (including phenoxy) is 2. The lowest BCUT2D eigenvalue weighted by Crippen LogP contribution is -2.28. The van der Waals surface area contributed by atoms with Crippen LogP contribution < -0.4 is 15.0 Å². The maximum absolute atomic E-state index is 12.7. The Kier molecular flexibility index (Phi) is 4.52. The summed E-state index contributed by atoms with van der Waals surface area (Å²) in [6, 6.07) is 13.5. The van der Waals surface area contributed by atoms with Gasteiger partial charge in [-0.15, -0.1) is 0 Å². The molecule has 0 N–H and O–H groups in total. The molecule has 0 bridgehead atoms. The first-order valence-corrected chi connectivity index (χ1v) is 7.89. The van der Waals surface area contributed by atoms with E-state index < -0.39 is 5.97 Å². The Labute approximate surface area is 144 Å². The quantitative estimate of drug-likeness (QED) is 0.540. The fourth-order valence-electron chi connectivity index (χ4n) is 2.56. The molecule has 0 aliphatic heterocycles. The molecule has 0 amide bonds. The number of para-hydroxylation sites is 2. The van der Waals surface area contributed by atoms with Gasteiger partial charge in [0.25, 0.3) is 5.56 Å². The minimum absolute atomic E-state index is 0.0924. The number of fused-ring (bicyclic) bond motifs is 1. The van der Waals surface area contributed by atoms with Crippen molar-refractivity contribution in [3.05, 3.63) is 64.6 Å². The Morgan fingerprint density at radius 2 is 1.60 bits per heavy atom. The van der Waals surface area contributed by atoms with Gasteiger partial charge in [-0.05, 0) is 32.0 Å². The van der Waals surface area contributed by atoms with Crippen LogP contribution >= 0.6 is 0 Å². The predicted octanol–water partition coefficient (Wildman–Crippen LogP) is 3.21. The number of esters is 1. The fourth-order valence-corrected chi connectivity index (χ4v) is 2.56. The molecule has 1 aromatic heterocycles. The standard InChI is InChI=1S/C19H18N2O4/c1-12(2)21-18(22)14-9-5-4-8-13(14)17(20-21)19(23)25-16-11-7-6-10-15(16)24-3/h4-12H,1-3H3. The first kappa shape index (κ1) is 16.7. The molecule has 0 radical (unpaired) electrons. The normalized spacial score (nSPS) is 10.9. The third-order valence-corrected chi connectivity index (χ3v) is 3.78. The third-order valence-electron chi connectivity index (χ3n) is 3.78. The van der Waals surface area contributed by atoms with Crippen molar-refractivity contribution in [3.8, 4) is 11.5 Å². The second-order valence-corrected chi connectivity index (χ2v) is 5.78. The highest BCUT2D eigenvalue weighted by Crippen LogP contribution is 2.27. The van der Waals surface area contributed by atoms with Gasteiger partial charge in [-0.2, -0.15) is 5.10 Å². The number of benzene rings is 2. The molecule has 6 heteroatoms. The van der Waals surface area contributed by atoms with Crippen molar-refractivity contribution in [2.75, 3.05) is 7.11 Å². The number of hydrogen-bond acceptors (Lipinski definition) is 5. The number of carbonyl (C=O) groups is 1. The third kappa shape index (κ3) is 3.10. The molecule has 0 spiro atoms. The summed E-state index contributed by atoms with van der Waals surface area (Å²) in [5.74, 6) is 0.0932. The fraction of sp³-hybridized carbons (Fsp3) is 0.211. The molecule has 1 heterocycles. The Balaban J connectivity index is 2.13. The van der Waals surface area contributed by atoms with Gasteiger partial charge < -0.3 is 9.47 Å². The lowest BCUT2D eigenvalue weighted by Gasteiger charge is -2.13. The van der Waals surface area contributed by atoms with Crippen molar-refractivity contribution in [1.29, 1.82) is 0 Å². The van der Waals surface area contributed by atoms with Crippen molar-refractivity contribution in [1.82, 2.24) is 9.78 Å². The van der Waals surface area contributed by atoms with Crippen LogP contribution in [-0.4, -0.2) is 22.9 Å². The van der Waals surface area contributed by atoms with Crippen LogP contribution in [-0.2, 0) is 0 Å². The number of nitrogens with zero attached hydrogens (tertiary/aromatic N) is 2. The number of methoxy groups -OCH3 is 1. The highest BCUT2D eigenvalue weighted by atomic mass is 16.6. The summed E-state index contributed by atoms with van der Waals surface area (Å²) in [4.78, 5) is 25.3. The Bertz CT molecular complexity index is 992. The smallest absolute Gasteiger partial charge is 0.364 e. The average Bonchev–Trinajstić information content (AvgIpc) is 2.62. The molecular formula is C19H18N2O4. The van der Waals surface area contributed by atoms with Gasteiger partial charge in [-0.25, -0.2) is 9.48 Å². The Morgan fingerprint density at radius 1 is 1.00 bits per heavy atom. The summed E-state index contributed by atoms with van der Waals surface area (Å²) >= 11 is 0. The van der Waals surface area contributed by atoms with E-state index in [0.717, 1.165) is 0 Å². The van der Waals surface area contributed by atoms with E-state index in [9.17, 15) is 9.59 Å². The summed E-state index contributed by atoms with van der Waals surface area (Å²) in [6.45, 7) is 3.66. The van der Waals surface area contributed by atoms with Gasteiger partial charge in [-0.1, -0.05) is 30.3 Å². The van der Waals surface area contributed by atoms with E-state index in [0.29, 0.717) is 22.3 Å². The topological polar surface area (TPSA) is 70.4 Å². The van der Waals surface area contributed by atoms with E-state index in [-0.39, 0.29) is 17.3 Å². The predicted molar refractivity (Wildman–Crippen MR) is 94.3 cm³/mol. The van der Waals surface area contributed by atoms with Gasteiger partial charge in [-0.3, -0.25) is 4.79 Å². The van der Waals surface area contributed by atoms with Crippen LogP contribution in [0, 0.1) is 0 Å². The van der Waals surface area contributed by atoms with Crippen LogP contribution in [0.3, 0.4) is 0 Å². The molecule has 0 atom stereocenters. The molecule has 0 aliphatic rings. The minimum atomic E-state index is -0.643. The van der Waals surface area contributed by atoms with E-state index in [2.05, 4.69) is 5.10 Å². The van der Waals surface area contributed by atoms with Crippen molar-refractivity contribution in [2.24, 2.45) is 0 Å². The number of rotatable bonds is 4. The summed E-state index contributed by atoms with van der Waals surface area (Å²) in [5.41, 5.74) is -0.144. The van der Waals surface area contributed by atoms with Gasteiger partial charge in [0.2, 0.25) is 0 Å². The molecule has 0 aliphatic carbocycles. The summed E-state index contributed by atoms with van der Waals surface area (Å²) in [6.07, 6.45) is 0. The second-order valence-electron chi connectivity index (χ2n) is 5.78. The SMILES string of the molecule is COc1ccccc1OC(=O)c1nn(C(C)C)c(=O)c2ccccc12. The van der Waals surface area contributed by atoms with Gasteiger partial charge >= 0.3 is 5.97 Å². The zero-order chi connectivity index (χ0) is 18.0. The molecule has 3 rings (SSSR count). The van der Waals surface area contributed by atoms with E-state index in [1.54, 1.807) is 48.5 Å². The number of aromatic nitrogens is 2. The molecule has 0 saturated heterocycles. The van der Waals surface area contributed by atoms with E-state index in [1.165, 1.54) is 11.8 Å². The molecule has 3 aromatic rings. The van der Waals surface area contributed by atoms with Crippen LogP contribution in [0.1, 0.15) is 30.4 Å². The van der Waals surface area contributed by atoms with Gasteiger partial charge in [0.15, 0.2) is 17.2 Å². The van der Waals surface area contributed by atoms with Gasteiger partial charge in [0, 0.05) is 5.39 Å². The molecule has 0 unspecified atom stereocenters. The maximum Gasteiger partial charge on any atom is 0.364 e. The highest BCUT2D eigenvalue weighted by Gasteiger charge is 2.20. The van der Waals surface area contributed by atoms with E-state index in [1.807, 2.05) is 13.8 Å². The zero-order valence-corrected chi connectivity index (χ0v) is 14.2. The Hall–Kier alpha value is -3.15. The molecule has 128 valence electrons. The monoisotopic (exact) mass is 338 g/mol. The highest BCUT2D eigenvalue weighted by molar-refractivity contribution is 6.03. The second kappa shape index (κ2) is 6.76. The summed E-state index contributed by atoms with van der Waals surface area (Å²) in [5, 5.41) is 5.13. The summed E-state index contributed by atoms with van der Waals surface area (Å²) < 4.78 is 12.0. The maximum atomic E-state index is 12.7. The zero-order valence-electron chi connectivity index (χ0n) is 14.2. The molecule has 25 heavy (non-hydrogen) atoms. The van der Waals surface area contributed by atoms with Gasteiger partial charge in [0.05, 0.1) is 18.5 Å². The molecule has 0 fully saturated rings. The van der Waals surface area contributed by atoms with Crippen LogP contribution in [0.2, 0.25) is 0 Å².